The second kappa shape index (κ2) is 8.09. The number of carbonyl (C=O) groups excluding carboxylic acids is 2. The molecular formula is C20H29N3O2S. The van der Waals surface area contributed by atoms with E-state index >= 15 is 0 Å². The number of rotatable bonds is 5. The highest BCUT2D eigenvalue weighted by Crippen LogP contribution is 2.32. The zero-order valence-electron chi connectivity index (χ0n) is 15.4. The van der Waals surface area contributed by atoms with Crippen LogP contribution in [-0.2, 0) is 16.1 Å². The maximum Gasteiger partial charge on any atom is 0.225 e. The van der Waals surface area contributed by atoms with Gasteiger partial charge in [0.25, 0.3) is 0 Å². The molecule has 5 nitrogen and oxygen atoms in total. The Morgan fingerprint density at radius 1 is 1.08 bits per heavy atom. The lowest BCUT2D eigenvalue weighted by Gasteiger charge is -2.42. The predicted molar refractivity (Wildman–Crippen MR) is 103 cm³/mol. The number of hydrogen-bond donors (Lipinski definition) is 1. The smallest absolute Gasteiger partial charge is 0.225 e. The summed E-state index contributed by atoms with van der Waals surface area (Å²) in [6, 6.07) is 4.62. The van der Waals surface area contributed by atoms with E-state index in [1.165, 1.54) is 4.88 Å². The predicted octanol–water partition coefficient (Wildman–Crippen LogP) is 2.48. The molecule has 0 bridgehead atoms. The van der Waals surface area contributed by atoms with Crippen molar-refractivity contribution in [1.82, 2.24) is 15.1 Å². The Kier molecular flexibility index (Phi) is 5.60. The SMILES string of the molecule is O=C(NCc1cccs1)[C@@H]1CCCN(C2CCN(C(=O)C3CC3)CC2)C1. The van der Waals surface area contributed by atoms with Gasteiger partial charge in [-0.2, -0.15) is 0 Å². The van der Waals surface area contributed by atoms with E-state index < -0.39 is 0 Å². The zero-order valence-corrected chi connectivity index (χ0v) is 16.2. The number of piperidine rings is 2. The largest absolute Gasteiger partial charge is 0.351 e. The molecule has 26 heavy (non-hydrogen) atoms. The molecule has 6 heteroatoms. The topological polar surface area (TPSA) is 52.7 Å². The van der Waals surface area contributed by atoms with Gasteiger partial charge in [0.15, 0.2) is 0 Å². The zero-order chi connectivity index (χ0) is 17.9. The molecule has 0 radical (unpaired) electrons. The summed E-state index contributed by atoms with van der Waals surface area (Å²) in [5, 5.41) is 5.16. The van der Waals surface area contributed by atoms with E-state index in [9.17, 15) is 9.59 Å². The Bertz CT molecular complexity index is 621. The third kappa shape index (κ3) is 4.29. The molecule has 1 N–H and O–H groups in total. The number of thiophene rings is 1. The van der Waals surface area contributed by atoms with E-state index in [2.05, 4.69) is 21.2 Å². The van der Waals surface area contributed by atoms with Crippen molar-refractivity contribution in [3.63, 3.8) is 0 Å². The van der Waals surface area contributed by atoms with Gasteiger partial charge >= 0.3 is 0 Å². The van der Waals surface area contributed by atoms with Gasteiger partial charge in [0, 0.05) is 36.5 Å². The lowest BCUT2D eigenvalue weighted by Crippen LogP contribution is -2.51. The van der Waals surface area contributed by atoms with Crippen molar-refractivity contribution >= 4 is 23.2 Å². The molecule has 2 amide bonds. The van der Waals surface area contributed by atoms with Crippen LogP contribution in [0.3, 0.4) is 0 Å². The van der Waals surface area contributed by atoms with Gasteiger partial charge in [-0.15, -0.1) is 11.3 Å². The molecule has 3 heterocycles. The van der Waals surface area contributed by atoms with Crippen LogP contribution in [0, 0.1) is 11.8 Å². The first-order chi connectivity index (χ1) is 12.7. The van der Waals surface area contributed by atoms with E-state index in [0.29, 0.717) is 24.4 Å². The molecule has 1 saturated carbocycles. The van der Waals surface area contributed by atoms with Crippen molar-refractivity contribution in [3.05, 3.63) is 22.4 Å². The minimum absolute atomic E-state index is 0.106. The maximum atomic E-state index is 12.6. The van der Waals surface area contributed by atoms with Crippen molar-refractivity contribution < 1.29 is 9.59 Å². The van der Waals surface area contributed by atoms with E-state index in [-0.39, 0.29) is 11.8 Å². The standard InChI is InChI=1S/C20H29N3O2S/c24-19(21-13-18-4-2-12-26-18)16-3-1-9-23(14-16)17-7-10-22(11-8-17)20(25)15-5-6-15/h2,4,12,15-17H,1,3,5-11,13-14H2,(H,21,24)/t16-/m1/s1. The maximum absolute atomic E-state index is 12.6. The first-order valence-electron chi connectivity index (χ1n) is 10.0. The molecule has 1 aromatic heterocycles. The molecule has 0 unspecified atom stereocenters. The number of carbonyl (C=O) groups is 2. The number of nitrogens with one attached hydrogen (secondary N) is 1. The average Bonchev–Trinajstić information content (AvgIpc) is 3.41. The van der Waals surface area contributed by atoms with Crippen LogP contribution in [0.4, 0.5) is 0 Å². The summed E-state index contributed by atoms with van der Waals surface area (Å²) in [7, 11) is 0. The fourth-order valence-corrected chi connectivity index (χ4v) is 4.97. The summed E-state index contributed by atoms with van der Waals surface area (Å²) in [6.45, 7) is 4.40. The average molecular weight is 376 g/mol. The highest BCUT2D eigenvalue weighted by Gasteiger charge is 2.37. The summed E-state index contributed by atoms with van der Waals surface area (Å²) in [5.74, 6) is 1.02. The minimum atomic E-state index is 0.106. The first-order valence-corrected chi connectivity index (χ1v) is 10.9. The van der Waals surface area contributed by atoms with Crippen LogP contribution in [0.25, 0.3) is 0 Å². The summed E-state index contributed by atoms with van der Waals surface area (Å²) in [6.07, 6.45) is 6.38. The molecule has 4 rings (SSSR count). The van der Waals surface area contributed by atoms with Gasteiger partial charge in [-0.3, -0.25) is 14.5 Å². The molecule has 0 spiro atoms. The minimum Gasteiger partial charge on any atom is -0.351 e. The van der Waals surface area contributed by atoms with Crippen LogP contribution in [0.2, 0.25) is 0 Å². The molecule has 2 saturated heterocycles. The van der Waals surface area contributed by atoms with Gasteiger partial charge in [0.05, 0.1) is 12.5 Å². The third-order valence-electron chi connectivity index (χ3n) is 6.06. The molecule has 1 aliphatic carbocycles. The Hall–Kier alpha value is -1.40. The molecule has 2 aliphatic heterocycles. The van der Waals surface area contributed by atoms with Crippen LogP contribution in [-0.4, -0.2) is 53.8 Å². The fourth-order valence-electron chi connectivity index (χ4n) is 4.32. The van der Waals surface area contributed by atoms with Gasteiger partial charge in [0.1, 0.15) is 0 Å². The van der Waals surface area contributed by atoms with E-state index in [4.69, 9.17) is 0 Å². The Morgan fingerprint density at radius 2 is 1.88 bits per heavy atom. The molecule has 3 fully saturated rings. The highest BCUT2D eigenvalue weighted by atomic mass is 32.1. The summed E-state index contributed by atoms with van der Waals surface area (Å²) in [5.41, 5.74) is 0. The van der Waals surface area contributed by atoms with E-state index in [1.54, 1.807) is 11.3 Å². The van der Waals surface area contributed by atoms with Crippen LogP contribution >= 0.6 is 11.3 Å². The lowest BCUT2D eigenvalue weighted by molar-refractivity contribution is -0.134. The number of nitrogens with zero attached hydrogens (tertiary/aromatic N) is 2. The van der Waals surface area contributed by atoms with Crippen LogP contribution in [0.1, 0.15) is 43.4 Å². The van der Waals surface area contributed by atoms with Crippen molar-refractivity contribution in [2.24, 2.45) is 11.8 Å². The summed E-state index contributed by atoms with van der Waals surface area (Å²) < 4.78 is 0. The van der Waals surface area contributed by atoms with Crippen molar-refractivity contribution in [2.75, 3.05) is 26.2 Å². The van der Waals surface area contributed by atoms with Crippen molar-refractivity contribution in [1.29, 1.82) is 0 Å². The molecule has 3 aliphatic rings. The third-order valence-corrected chi connectivity index (χ3v) is 6.94. The Labute approximate surface area is 159 Å². The second-order valence-corrected chi connectivity index (χ2v) is 8.99. The number of hydrogen-bond acceptors (Lipinski definition) is 4. The second-order valence-electron chi connectivity index (χ2n) is 7.96. The Morgan fingerprint density at radius 3 is 2.58 bits per heavy atom. The quantitative estimate of drug-likeness (QED) is 0.860. The fraction of sp³-hybridized carbons (Fsp3) is 0.700. The number of likely N-dealkylation sites (tertiary alicyclic amines) is 2. The van der Waals surface area contributed by atoms with E-state index in [1.807, 2.05) is 11.4 Å². The van der Waals surface area contributed by atoms with Gasteiger partial charge < -0.3 is 10.2 Å². The molecule has 0 aromatic carbocycles. The summed E-state index contributed by atoms with van der Waals surface area (Å²) >= 11 is 1.69. The number of amides is 2. The molecular weight excluding hydrogens is 346 g/mol. The van der Waals surface area contributed by atoms with Gasteiger partial charge in [0.2, 0.25) is 11.8 Å². The van der Waals surface area contributed by atoms with Gasteiger partial charge in [-0.25, -0.2) is 0 Å². The van der Waals surface area contributed by atoms with Crippen LogP contribution in [0.5, 0.6) is 0 Å². The van der Waals surface area contributed by atoms with Crippen molar-refractivity contribution in [3.8, 4) is 0 Å². The molecule has 1 atom stereocenters. The highest BCUT2D eigenvalue weighted by molar-refractivity contribution is 7.09. The lowest BCUT2D eigenvalue weighted by atomic mass is 9.93. The first kappa shape index (κ1) is 18.0. The van der Waals surface area contributed by atoms with Gasteiger partial charge in [-0.1, -0.05) is 6.07 Å². The van der Waals surface area contributed by atoms with Crippen LogP contribution in [0.15, 0.2) is 17.5 Å². The van der Waals surface area contributed by atoms with E-state index in [0.717, 1.165) is 64.7 Å². The van der Waals surface area contributed by atoms with Gasteiger partial charge in [-0.05, 0) is 56.5 Å². The van der Waals surface area contributed by atoms with Crippen molar-refractivity contribution in [2.45, 2.75) is 51.1 Å². The summed E-state index contributed by atoms with van der Waals surface area (Å²) in [4.78, 5) is 30.6. The Balaban J connectivity index is 1.24. The molecule has 1 aromatic rings. The monoisotopic (exact) mass is 375 g/mol. The normalized spacial score (nSPS) is 25.2. The van der Waals surface area contributed by atoms with Crippen LogP contribution < -0.4 is 5.32 Å². The molecule has 142 valence electrons.